The number of esters is 1. The smallest absolute Gasteiger partial charge is 0.337 e. The molecule has 200 valence electrons. The molecule has 2 aromatic carbocycles. The van der Waals surface area contributed by atoms with E-state index in [9.17, 15) is 19.7 Å². The number of nitrogens with one attached hydrogen (secondary N) is 2. The molecule has 3 aromatic rings. The molecule has 0 radical (unpaired) electrons. The lowest BCUT2D eigenvalue weighted by Gasteiger charge is -2.32. The number of carbonyl (C=O) groups is 2. The molecule has 0 bridgehead atoms. The summed E-state index contributed by atoms with van der Waals surface area (Å²) in [6.07, 6.45) is 1.41. The fourth-order valence-electron chi connectivity index (χ4n) is 3.86. The van der Waals surface area contributed by atoms with Crippen LogP contribution in [0.5, 0.6) is 0 Å². The van der Waals surface area contributed by atoms with Gasteiger partial charge in [-0.15, -0.1) is 5.06 Å². The fraction of sp³-hybridized carbons (Fsp3) is 0.385. The van der Waals surface area contributed by atoms with Gasteiger partial charge in [0.2, 0.25) is 5.95 Å². The molecule has 1 fully saturated rings. The number of nitro benzene ring substituents is 1. The third-order valence-corrected chi connectivity index (χ3v) is 6.07. The molecule has 0 unspecified atom stereocenters. The molecule has 1 aliphatic rings. The summed E-state index contributed by atoms with van der Waals surface area (Å²) in [6, 6.07) is 11.1. The van der Waals surface area contributed by atoms with E-state index in [4.69, 9.17) is 9.57 Å². The number of anilines is 3. The van der Waals surface area contributed by atoms with Crippen LogP contribution in [0.15, 0.2) is 42.5 Å². The van der Waals surface area contributed by atoms with Crippen molar-refractivity contribution in [1.29, 1.82) is 0 Å². The molecule has 12 heteroatoms. The van der Waals surface area contributed by atoms with Crippen LogP contribution in [0, 0.1) is 15.5 Å². The molecular weight excluding hydrogens is 492 g/mol. The van der Waals surface area contributed by atoms with Crippen LogP contribution in [0.25, 0.3) is 10.9 Å². The van der Waals surface area contributed by atoms with Gasteiger partial charge >= 0.3 is 11.9 Å². The first-order valence-corrected chi connectivity index (χ1v) is 12.2. The van der Waals surface area contributed by atoms with Crippen LogP contribution in [-0.2, 0) is 14.4 Å². The van der Waals surface area contributed by atoms with Gasteiger partial charge in [-0.2, -0.15) is 4.98 Å². The number of nitro groups is 1. The standard InChI is InChI=1S/C26H30N6O6/c1-26(2,3)24(34)38-31-13-11-18(12-14-31)28-25-29-21-10-9-19(32(35)36)15-20(21)22(30-25)27-17-7-5-16(6-8-17)23(33)37-4/h5-10,15,18H,11-14H2,1-4H3,(H2,27,28,29,30). The van der Waals surface area contributed by atoms with Gasteiger partial charge in [-0.1, -0.05) is 0 Å². The highest BCUT2D eigenvalue weighted by molar-refractivity contribution is 5.94. The average molecular weight is 523 g/mol. The summed E-state index contributed by atoms with van der Waals surface area (Å²) >= 11 is 0. The quantitative estimate of drug-likeness (QED) is 0.257. The zero-order valence-corrected chi connectivity index (χ0v) is 21.7. The Kier molecular flexibility index (Phi) is 7.72. The Morgan fingerprint density at radius 2 is 1.76 bits per heavy atom. The molecule has 4 rings (SSSR count). The third-order valence-electron chi connectivity index (χ3n) is 6.07. The minimum atomic E-state index is -0.577. The van der Waals surface area contributed by atoms with Gasteiger partial charge in [-0.25, -0.2) is 14.6 Å². The Hall–Kier alpha value is -4.32. The van der Waals surface area contributed by atoms with E-state index in [2.05, 4.69) is 20.6 Å². The molecule has 0 spiro atoms. The molecule has 0 saturated carbocycles. The zero-order chi connectivity index (χ0) is 27.4. The number of fused-ring (bicyclic) bond motifs is 1. The Morgan fingerprint density at radius 1 is 1.08 bits per heavy atom. The number of rotatable bonds is 7. The zero-order valence-electron chi connectivity index (χ0n) is 21.7. The summed E-state index contributed by atoms with van der Waals surface area (Å²) in [5.74, 6) is 0.0188. The van der Waals surface area contributed by atoms with Gasteiger partial charge in [0.25, 0.3) is 5.69 Å². The minimum absolute atomic E-state index is 0.0438. The molecular formula is C26H30N6O6. The van der Waals surface area contributed by atoms with E-state index in [0.29, 0.717) is 59.9 Å². The monoisotopic (exact) mass is 522 g/mol. The van der Waals surface area contributed by atoms with Gasteiger partial charge in [0.05, 0.1) is 28.5 Å². The summed E-state index contributed by atoms with van der Waals surface area (Å²) in [7, 11) is 1.31. The van der Waals surface area contributed by atoms with Crippen LogP contribution >= 0.6 is 0 Å². The molecule has 12 nitrogen and oxygen atoms in total. The largest absolute Gasteiger partial charge is 0.465 e. The molecule has 2 heterocycles. The number of ether oxygens (including phenoxy) is 1. The number of hydrogen-bond donors (Lipinski definition) is 2. The van der Waals surface area contributed by atoms with E-state index < -0.39 is 16.3 Å². The Balaban J connectivity index is 1.54. The van der Waals surface area contributed by atoms with Crippen molar-refractivity contribution in [3.8, 4) is 0 Å². The molecule has 1 aliphatic heterocycles. The van der Waals surface area contributed by atoms with Crippen LogP contribution < -0.4 is 10.6 Å². The fourth-order valence-corrected chi connectivity index (χ4v) is 3.86. The lowest BCUT2D eigenvalue weighted by Crippen LogP contribution is -2.42. The lowest BCUT2D eigenvalue weighted by molar-refractivity contribution is -0.384. The maximum Gasteiger partial charge on any atom is 0.337 e. The summed E-state index contributed by atoms with van der Waals surface area (Å²) in [6.45, 7) is 6.57. The summed E-state index contributed by atoms with van der Waals surface area (Å²) < 4.78 is 4.74. The van der Waals surface area contributed by atoms with Gasteiger partial charge in [-0.3, -0.25) is 10.1 Å². The van der Waals surface area contributed by atoms with E-state index in [1.165, 1.54) is 19.2 Å². The van der Waals surface area contributed by atoms with Crippen molar-refractivity contribution in [2.45, 2.75) is 39.7 Å². The molecule has 0 amide bonds. The number of nitrogens with zero attached hydrogens (tertiary/aromatic N) is 4. The maximum atomic E-state index is 12.2. The second-order valence-corrected chi connectivity index (χ2v) is 10.0. The van der Waals surface area contributed by atoms with Crippen molar-refractivity contribution >= 4 is 46.0 Å². The van der Waals surface area contributed by atoms with E-state index in [-0.39, 0.29) is 17.7 Å². The van der Waals surface area contributed by atoms with E-state index in [0.717, 1.165) is 0 Å². The van der Waals surface area contributed by atoms with Crippen molar-refractivity contribution in [3.63, 3.8) is 0 Å². The van der Waals surface area contributed by atoms with Gasteiger partial charge in [-0.05, 0) is 63.9 Å². The highest BCUT2D eigenvalue weighted by Crippen LogP contribution is 2.29. The van der Waals surface area contributed by atoms with E-state index in [1.807, 2.05) is 20.8 Å². The normalized spacial score (nSPS) is 14.6. The van der Waals surface area contributed by atoms with Crippen molar-refractivity contribution in [2.75, 3.05) is 30.8 Å². The topological polar surface area (TPSA) is 149 Å². The van der Waals surface area contributed by atoms with Crippen LogP contribution in [0.3, 0.4) is 0 Å². The maximum absolute atomic E-state index is 12.2. The van der Waals surface area contributed by atoms with Gasteiger partial charge in [0, 0.05) is 42.3 Å². The Bertz CT molecular complexity index is 1350. The number of methoxy groups -OCH3 is 1. The molecule has 0 aliphatic carbocycles. The molecule has 1 saturated heterocycles. The Morgan fingerprint density at radius 3 is 2.37 bits per heavy atom. The van der Waals surface area contributed by atoms with Crippen LogP contribution in [0.2, 0.25) is 0 Å². The van der Waals surface area contributed by atoms with Gasteiger partial charge in [0.15, 0.2) is 0 Å². The SMILES string of the molecule is COC(=O)c1ccc(Nc2nc(NC3CCN(OC(=O)C(C)(C)C)CC3)nc3ccc([N+](=O)[O-])cc23)cc1. The molecule has 38 heavy (non-hydrogen) atoms. The number of piperidine rings is 1. The molecule has 1 aromatic heterocycles. The number of aromatic nitrogens is 2. The average Bonchev–Trinajstić information content (AvgIpc) is 2.89. The lowest BCUT2D eigenvalue weighted by atomic mass is 9.98. The summed E-state index contributed by atoms with van der Waals surface area (Å²) in [5.41, 5.74) is 0.889. The highest BCUT2D eigenvalue weighted by Gasteiger charge is 2.28. The van der Waals surface area contributed by atoms with Crippen molar-refractivity contribution in [3.05, 3.63) is 58.1 Å². The minimum Gasteiger partial charge on any atom is -0.465 e. The van der Waals surface area contributed by atoms with Crippen LogP contribution in [0.4, 0.5) is 23.1 Å². The van der Waals surface area contributed by atoms with E-state index in [1.54, 1.807) is 35.4 Å². The first-order valence-electron chi connectivity index (χ1n) is 12.2. The van der Waals surface area contributed by atoms with Gasteiger partial charge < -0.3 is 20.2 Å². The number of carbonyl (C=O) groups excluding carboxylic acids is 2. The number of benzene rings is 2. The highest BCUT2D eigenvalue weighted by atomic mass is 16.7. The molecule has 2 N–H and O–H groups in total. The number of non-ortho nitro benzene ring substituents is 1. The van der Waals surface area contributed by atoms with Gasteiger partial charge in [0.1, 0.15) is 5.82 Å². The van der Waals surface area contributed by atoms with E-state index >= 15 is 0 Å². The second kappa shape index (κ2) is 11.0. The Labute approximate surface area is 219 Å². The first kappa shape index (κ1) is 26.7. The predicted octanol–water partition coefficient (Wildman–Crippen LogP) is 4.45. The van der Waals surface area contributed by atoms with Crippen molar-refractivity contribution in [1.82, 2.24) is 15.0 Å². The van der Waals surface area contributed by atoms with Crippen LogP contribution in [0.1, 0.15) is 44.0 Å². The summed E-state index contributed by atoms with van der Waals surface area (Å²) in [5, 5.41) is 20.1. The molecule has 0 atom stereocenters. The summed E-state index contributed by atoms with van der Waals surface area (Å²) in [4.78, 5) is 49.5. The number of hydrogen-bond acceptors (Lipinski definition) is 11. The van der Waals surface area contributed by atoms with Crippen molar-refractivity contribution < 1.29 is 24.1 Å². The first-order chi connectivity index (χ1) is 18.0. The number of hydroxylamine groups is 2. The predicted molar refractivity (Wildman–Crippen MR) is 141 cm³/mol. The third kappa shape index (κ3) is 6.32. The van der Waals surface area contributed by atoms with Crippen molar-refractivity contribution in [2.24, 2.45) is 5.41 Å². The second-order valence-electron chi connectivity index (χ2n) is 10.0. The van der Waals surface area contributed by atoms with Crippen LogP contribution in [-0.4, -0.2) is 58.1 Å².